The zero-order chi connectivity index (χ0) is 11.5. The maximum Gasteiger partial charge on any atom is 0.123 e. The molecule has 0 amide bonds. The summed E-state index contributed by atoms with van der Waals surface area (Å²) in [5, 5.41) is 0.517. The van der Waals surface area contributed by atoms with Crippen LogP contribution >= 0.6 is 11.6 Å². The largest absolute Gasteiger partial charge is 0.468 e. The summed E-state index contributed by atoms with van der Waals surface area (Å²) < 4.78 is 18.2. The van der Waals surface area contributed by atoms with Crippen LogP contribution in [0, 0.1) is 5.82 Å². The van der Waals surface area contributed by atoms with Gasteiger partial charge in [0.15, 0.2) is 0 Å². The third kappa shape index (κ3) is 2.43. The van der Waals surface area contributed by atoms with Gasteiger partial charge in [0.25, 0.3) is 0 Å². The summed E-state index contributed by atoms with van der Waals surface area (Å²) in [4.78, 5) is 0. The summed E-state index contributed by atoms with van der Waals surface area (Å²) in [7, 11) is 0. The van der Waals surface area contributed by atoms with E-state index in [0.717, 1.165) is 0 Å². The van der Waals surface area contributed by atoms with E-state index in [-0.39, 0.29) is 11.9 Å². The highest BCUT2D eigenvalue weighted by Gasteiger charge is 2.12. The van der Waals surface area contributed by atoms with Crippen molar-refractivity contribution < 1.29 is 8.81 Å². The standard InChI is InChI=1S/C12H11ClFNO/c13-10-4-3-9(14)6-8(10)7-11(15)12-2-1-5-16-12/h1-6,11H,7,15H2. The van der Waals surface area contributed by atoms with Crippen molar-refractivity contribution in [3.05, 3.63) is 58.8 Å². The first-order valence-corrected chi connectivity index (χ1v) is 5.27. The molecule has 2 N–H and O–H groups in total. The number of rotatable bonds is 3. The highest BCUT2D eigenvalue weighted by atomic mass is 35.5. The number of hydrogen-bond donors (Lipinski definition) is 1. The minimum Gasteiger partial charge on any atom is -0.468 e. The lowest BCUT2D eigenvalue weighted by atomic mass is 10.0. The van der Waals surface area contributed by atoms with E-state index in [4.69, 9.17) is 21.8 Å². The molecule has 0 saturated heterocycles. The maximum atomic E-state index is 13.0. The Kier molecular flexibility index (Phi) is 3.27. The molecule has 0 aliphatic rings. The molecule has 0 radical (unpaired) electrons. The summed E-state index contributed by atoms with van der Waals surface area (Å²) in [6.45, 7) is 0. The monoisotopic (exact) mass is 239 g/mol. The highest BCUT2D eigenvalue weighted by molar-refractivity contribution is 6.31. The molecule has 0 aliphatic heterocycles. The molecule has 16 heavy (non-hydrogen) atoms. The lowest BCUT2D eigenvalue weighted by Gasteiger charge is -2.10. The molecule has 0 spiro atoms. The number of hydrogen-bond acceptors (Lipinski definition) is 2. The lowest BCUT2D eigenvalue weighted by Crippen LogP contribution is -2.12. The van der Waals surface area contributed by atoms with Crippen LogP contribution in [0.3, 0.4) is 0 Å². The van der Waals surface area contributed by atoms with E-state index in [1.54, 1.807) is 18.4 Å². The van der Waals surface area contributed by atoms with Gasteiger partial charge in [-0.15, -0.1) is 0 Å². The lowest BCUT2D eigenvalue weighted by molar-refractivity contribution is 0.464. The van der Waals surface area contributed by atoms with Crippen LogP contribution in [-0.2, 0) is 6.42 Å². The van der Waals surface area contributed by atoms with E-state index in [9.17, 15) is 4.39 Å². The van der Waals surface area contributed by atoms with Crippen LogP contribution in [0.4, 0.5) is 4.39 Å². The molecule has 2 nitrogen and oxygen atoms in total. The summed E-state index contributed by atoms with van der Waals surface area (Å²) in [5.41, 5.74) is 6.60. The van der Waals surface area contributed by atoms with E-state index >= 15 is 0 Å². The van der Waals surface area contributed by atoms with E-state index in [1.165, 1.54) is 18.2 Å². The van der Waals surface area contributed by atoms with Crippen molar-refractivity contribution in [3.8, 4) is 0 Å². The van der Waals surface area contributed by atoms with Crippen LogP contribution in [0.5, 0.6) is 0 Å². The van der Waals surface area contributed by atoms with Crippen molar-refractivity contribution in [2.24, 2.45) is 5.73 Å². The smallest absolute Gasteiger partial charge is 0.123 e. The topological polar surface area (TPSA) is 39.2 Å². The third-order valence-electron chi connectivity index (χ3n) is 2.36. The zero-order valence-electron chi connectivity index (χ0n) is 8.49. The van der Waals surface area contributed by atoms with Gasteiger partial charge in [-0.05, 0) is 42.3 Å². The van der Waals surface area contributed by atoms with E-state index in [2.05, 4.69) is 0 Å². The average Bonchev–Trinajstić information content (AvgIpc) is 2.76. The maximum absolute atomic E-state index is 13.0. The Labute approximate surface area is 97.8 Å². The molecule has 1 heterocycles. The summed E-state index contributed by atoms with van der Waals surface area (Å²) in [6.07, 6.45) is 2.01. The minimum absolute atomic E-state index is 0.311. The van der Waals surface area contributed by atoms with Gasteiger partial charge in [0.2, 0.25) is 0 Å². The predicted molar refractivity (Wildman–Crippen MR) is 60.8 cm³/mol. The van der Waals surface area contributed by atoms with Crippen molar-refractivity contribution >= 4 is 11.6 Å². The average molecular weight is 240 g/mol. The molecule has 0 bridgehead atoms. The van der Waals surface area contributed by atoms with Gasteiger partial charge in [-0.2, -0.15) is 0 Å². The fourth-order valence-electron chi connectivity index (χ4n) is 1.54. The fraction of sp³-hybridized carbons (Fsp3) is 0.167. The van der Waals surface area contributed by atoms with Gasteiger partial charge in [-0.1, -0.05) is 11.6 Å². The molecule has 0 fully saturated rings. The second-order valence-corrected chi connectivity index (χ2v) is 3.97. The molecule has 4 heteroatoms. The summed E-state index contributed by atoms with van der Waals surface area (Å²) in [6, 6.07) is 7.49. The van der Waals surface area contributed by atoms with Crippen LogP contribution in [-0.4, -0.2) is 0 Å². The SMILES string of the molecule is NC(Cc1cc(F)ccc1Cl)c1ccco1. The molecule has 0 saturated carbocycles. The van der Waals surface area contributed by atoms with Gasteiger partial charge in [-0.25, -0.2) is 4.39 Å². The number of nitrogens with two attached hydrogens (primary N) is 1. The van der Waals surface area contributed by atoms with Crippen molar-refractivity contribution in [3.63, 3.8) is 0 Å². The van der Waals surface area contributed by atoms with Gasteiger partial charge in [-0.3, -0.25) is 0 Å². The van der Waals surface area contributed by atoms with E-state index < -0.39 is 0 Å². The fourth-order valence-corrected chi connectivity index (χ4v) is 1.73. The second-order valence-electron chi connectivity index (χ2n) is 3.56. The van der Waals surface area contributed by atoms with E-state index in [0.29, 0.717) is 22.8 Å². The molecule has 1 aromatic carbocycles. The van der Waals surface area contributed by atoms with Gasteiger partial charge >= 0.3 is 0 Å². The van der Waals surface area contributed by atoms with Crippen molar-refractivity contribution in [1.82, 2.24) is 0 Å². The second kappa shape index (κ2) is 4.68. The van der Waals surface area contributed by atoms with Crippen molar-refractivity contribution in [1.29, 1.82) is 0 Å². The molecule has 1 unspecified atom stereocenters. The first-order chi connectivity index (χ1) is 7.66. The van der Waals surface area contributed by atoms with Crippen molar-refractivity contribution in [2.45, 2.75) is 12.5 Å². The molecule has 1 aromatic heterocycles. The predicted octanol–water partition coefficient (Wildman–Crippen LogP) is 3.31. The normalized spacial score (nSPS) is 12.7. The summed E-state index contributed by atoms with van der Waals surface area (Å²) in [5.74, 6) is 0.353. The quantitative estimate of drug-likeness (QED) is 0.893. The van der Waals surface area contributed by atoms with Crippen LogP contribution in [0.25, 0.3) is 0 Å². The zero-order valence-corrected chi connectivity index (χ0v) is 9.25. The Morgan fingerprint density at radius 2 is 2.19 bits per heavy atom. The van der Waals surface area contributed by atoms with Crippen LogP contribution in [0.1, 0.15) is 17.4 Å². The Morgan fingerprint density at radius 3 is 2.88 bits per heavy atom. The number of furan rings is 1. The number of benzene rings is 1. The van der Waals surface area contributed by atoms with Crippen molar-refractivity contribution in [2.75, 3.05) is 0 Å². The molecule has 0 aliphatic carbocycles. The molecule has 2 aromatic rings. The van der Waals surface area contributed by atoms with Crippen LogP contribution in [0.2, 0.25) is 5.02 Å². The Balaban J connectivity index is 2.17. The Bertz CT molecular complexity index is 470. The third-order valence-corrected chi connectivity index (χ3v) is 2.72. The van der Waals surface area contributed by atoms with Crippen LogP contribution in [0.15, 0.2) is 41.0 Å². The van der Waals surface area contributed by atoms with Gasteiger partial charge in [0.1, 0.15) is 11.6 Å². The van der Waals surface area contributed by atoms with Gasteiger partial charge in [0.05, 0.1) is 12.3 Å². The van der Waals surface area contributed by atoms with E-state index in [1.807, 2.05) is 0 Å². The minimum atomic E-state index is -0.314. The molecular weight excluding hydrogens is 229 g/mol. The number of halogens is 2. The summed E-state index contributed by atoms with van der Waals surface area (Å²) >= 11 is 5.95. The molecule has 84 valence electrons. The molecular formula is C12H11ClFNO. The van der Waals surface area contributed by atoms with Gasteiger partial charge < -0.3 is 10.2 Å². The van der Waals surface area contributed by atoms with Crippen LogP contribution < -0.4 is 5.73 Å². The first-order valence-electron chi connectivity index (χ1n) is 4.89. The molecule has 2 rings (SSSR count). The Hall–Kier alpha value is -1.32. The van der Waals surface area contributed by atoms with Gasteiger partial charge in [0, 0.05) is 5.02 Å². The molecule has 1 atom stereocenters. The highest BCUT2D eigenvalue weighted by Crippen LogP contribution is 2.23. The first kappa shape index (κ1) is 11.2. The Morgan fingerprint density at radius 1 is 1.38 bits per heavy atom.